The average molecular weight is 471 g/mol. The maximum atomic E-state index is 13.5. The number of aryl methyl sites for hydroxylation is 2. The van der Waals surface area contributed by atoms with Crippen molar-refractivity contribution in [3.8, 4) is 10.6 Å². The summed E-state index contributed by atoms with van der Waals surface area (Å²) in [5.41, 5.74) is 1.06. The number of hydrogen-bond acceptors (Lipinski definition) is 7. The highest BCUT2D eigenvalue weighted by atomic mass is 32.1. The van der Waals surface area contributed by atoms with Crippen LogP contribution in [-0.2, 0) is 10.4 Å². The largest absolute Gasteiger partial charge is 0.481 e. The first-order valence-electron chi connectivity index (χ1n) is 10.9. The van der Waals surface area contributed by atoms with Gasteiger partial charge in [-0.1, -0.05) is 0 Å². The summed E-state index contributed by atoms with van der Waals surface area (Å²) < 4.78 is 13.5. The van der Waals surface area contributed by atoms with Crippen LogP contribution in [0.2, 0.25) is 0 Å². The van der Waals surface area contributed by atoms with E-state index in [-0.39, 0.29) is 17.7 Å². The molecule has 0 bridgehead atoms. The molecule has 0 aromatic carbocycles. The quantitative estimate of drug-likeness (QED) is 0.454. The lowest BCUT2D eigenvalue weighted by Gasteiger charge is -2.35. The average Bonchev–Trinajstić information content (AvgIpc) is 3.27. The lowest BCUT2D eigenvalue weighted by molar-refractivity contribution is -0.144. The fourth-order valence-corrected chi connectivity index (χ4v) is 5.30. The molecule has 1 fully saturated rings. The lowest BCUT2D eigenvalue weighted by Crippen LogP contribution is -2.35. The van der Waals surface area contributed by atoms with Crippen LogP contribution >= 0.6 is 11.3 Å². The first kappa shape index (κ1) is 23.3. The number of carboxylic acids is 1. The van der Waals surface area contributed by atoms with Gasteiger partial charge in [0, 0.05) is 6.20 Å². The summed E-state index contributed by atoms with van der Waals surface area (Å²) in [5, 5.41) is 24.2. The van der Waals surface area contributed by atoms with Gasteiger partial charge in [0.1, 0.15) is 28.1 Å². The van der Waals surface area contributed by atoms with E-state index in [1.54, 1.807) is 26.1 Å². The van der Waals surface area contributed by atoms with Crippen LogP contribution in [0.4, 0.5) is 16.0 Å². The Morgan fingerprint density at radius 2 is 1.85 bits per heavy atom. The van der Waals surface area contributed by atoms with Crippen LogP contribution in [0, 0.1) is 31.5 Å². The minimum atomic E-state index is -1.13. The van der Waals surface area contributed by atoms with Crippen LogP contribution in [0.1, 0.15) is 48.7 Å². The monoisotopic (exact) mass is 470 g/mol. The molecule has 7 nitrogen and oxygen atoms in total. The molecule has 9 heteroatoms. The van der Waals surface area contributed by atoms with Crippen molar-refractivity contribution >= 4 is 28.9 Å². The van der Waals surface area contributed by atoms with Crippen LogP contribution in [0.5, 0.6) is 0 Å². The second-order valence-electron chi connectivity index (χ2n) is 8.92. The van der Waals surface area contributed by atoms with Gasteiger partial charge in [-0.3, -0.25) is 4.79 Å². The highest BCUT2D eigenvalue weighted by Gasteiger charge is 2.40. The summed E-state index contributed by atoms with van der Waals surface area (Å²) in [6, 6.07) is 5.45. The van der Waals surface area contributed by atoms with Gasteiger partial charge in [-0.15, -0.1) is 11.3 Å². The molecule has 0 spiro atoms. The lowest BCUT2D eigenvalue weighted by atomic mass is 9.74. The second-order valence-corrected chi connectivity index (χ2v) is 9.95. The van der Waals surface area contributed by atoms with Crippen LogP contribution in [0.3, 0.4) is 0 Å². The summed E-state index contributed by atoms with van der Waals surface area (Å²) in [5.74, 6) is -0.405. The molecule has 1 aliphatic carbocycles. The highest BCUT2D eigenvalue weighted by molar-refractivity contribution is 7.15. The predicted molar refractivity (Wildman–Crippen MR) is 125 cm³/mol. The SMILES string of the molecule is Cc1cc(Nc2cc(C)c(F)cn2)nc(-c2cnc([C@](C)(O)C3CCC(C(=O)O)CC3)s2)c1. The number of halogens is 1. The van der Waals surface area contributed by atoms with E-state index in [0.717, 1.165) is 10.4 Å². The summed E-state index contributed by atoms with van der Waals surface area (Å²) in [6.45, 7) is 5.40. The number of aromatic nitrogens is 3. The van der Waals surface area contributed by atoms with Crippen LogP contribution < -0.4 is 5.32 Å². The fourth-order valence-electron chi connectivity index (χ4n) is 4.30. The molecule has 0 amide bonds. The van der Waals surface area contributed by atoms with Gasteiger partial charge in [0.15, 0.2) is 0 Å². The Morgan fingerprint density at radius 1 is 1.12 bits per heavy atom. The maximum absolute atomic E-state index is 13.5. The zero-order chi connectivity index (χ0) is 23.8. The molecule has 3 heterocycles. The number of rotatable bonds is 6. The Labute approximate surface area is 195 Å². The Kier molecular flexibility index (Phi) is 6.45. The van der Waals surface area contributed by atoms with Crippen LogP contribution in [0.15, 0.2) is 30.6 Å². The van der Waals surface area contributed by atoms with Gasteiger partial charge < -0.3 is 15.5 Å². The number of hydrogen-bond donors (Lipinski definition) is 3. The molecule has 1 aliphatic rings. The van der Waals surface area contributed by atoms with Gasteiger partial charge in [-0.25, -0.2) is 19.3 Å². The molecule has 3 N–H and O–H groups in total. The van der Waals surface area contributed by atoms with Crippen molar-refractivity contribution in [2.45, 2.75) is 52.1 Å². The van der Waals surface area contributed by atoms with Gasteiger partial charge >= 0.3 is 5.97 Å². The fraction of sp³-hybridized carbons (Fsp3) is 0.417. The molecule has 4 rings (SSSR count). The minimum Gasteiger partial charge on any atom is -0.481 e. The Balaban J connectivity index is 1.54. The van der Waals surface area contributed by atoms with Crippen molar-refractivity contribution in [2.24, 2.45) is 11.8 Å². The van der Waals surface area contributed by atoms with Gasteiger partial charge in [-0.2, -0.15) is 0 Å². The van der Waals surface area contributed by atoms with Gasteiger partial charge in [0.05, 0.1) is 22.7 Å². The molecular formula is C24H27FN4O3S. The third-order valence-electron chi connectivity index (χ3n) is 6.34. The van der Waals surface area contributed by atoms with E-state index >= 15 is 0 Å². The molecule has 0 aliphatic heterocycles. The number of aliphatic carboxylic acids is 1. The molecule has 3 aromatic heterocycles. The molecular weight excluding hydrogens is 443 g/mol. The highest BCUT2D eigenvalue weighted by Crippen LogP contribution is 2.43. The van der Waals surface area contributed by atoms with Crippen molar-refractivity contribution in [1.29, 1.82) is 0 Å². The number of aliphatic hydroxyl groups is 1. The molecule has 1 atom stereocenters. The van der Waals surface area contributed by atoms with E-state index in [9.17, 15) is 19.4 Å². The summed E-state index contributed by atoms with van der Waals surface area (Å²) in [7, 11) is 0. The number of thiazole rings is 1. The van der Waals surface area contributed by atoms with E-state index in [0.29, 0.717) is 53.6 Å². The molecule has 33 heavy (non-hydrogen) atoms. The summed E-state index contributed by atoms with van der Waals surface area (Å²) >= 11 is 1.39. The third kappa shape index (κ3) is 5.04. The minimum absolute atomic E-state index is 0.0393. The van der Waals surface area contributed by atoms with Gasteiger partial charge in [-0.05, 0) is 81.7 Å². The first-order valence-corrected chi connectivity index (χ1v) is 11.7. The van der Waals surface area contributed by atoms with Crippen molar-refractivity contribution < 1.29 is 19.4 Å². The number of carbonyl (C=O) groups is 1. The van der Waals surface area contributed by atoms with E-state index in [1.165, 1.54) is 17.5 Å². The number of nitrogens with zero attached hydrogens (tertiary/aromatic N) is 3. The number of anilines is 2. The van der Waals surface area contributed by atoms with Crippen molar-refractivity contribution in [3.05, 3.63) is 52.5 Å². The maximum Gasteiger partial charge on any atom is 0.306 e. The second kappa shape index (κ2) is 9.15. The zero-order valence-electron chi connectivity index (χ0n) is 18.8. The van der Waals surface area contributed by atoms with Crippen molar-refractivity contribution in [3.63, 3.8) is 0 Å². The molecule has 174 valence electrons. The number of nitrogens with one attached hydrogen (secondary N) is 1. The molecule has 3 aromatic rings. The standard InChI is InChI=1S/C24H27FN4O3S/c1-13-8-18(28-21(9-13)29-20-10-14(2)17(25)11-26-20)19-12-27-23(33-19)24(3,32)16-6-4-15(5-7-16)22(30)31/h8-12,15-16,32H,4-7H2,1-3H3,(H,30,31)(H,26,28,29)/t15?,16?,24-/m1/s1. The van der Waals surface area contributed by atoms with Gasteiger partial charge in [0.25, 0.3) is 0 Å². The van der Waals surface area contributed by atoms with Crippen LogP contribution in [0.25, 0.3) is 10.6 Å². The zero-order valence-corrected chi connectivity index (χ0v) is 19.6. The molecule has 1 saturated carbocycles. The van der Waals surface area contributed by atoms with E-state index in [2.05, 4.69) is 20.3 Å². The Morgan fingerprint density at radius 3 is 2.52 bits per heavy atom. The van der Waals surface area contributed by atoms with E-state index in [1.807, 2.05) is 19.1 Å². The third-order valence-corrected chi connectivity index (χ3v) is 7.58. The van der Waals surface area contributed by atoms with Crippen molar-refractivity contribution in [2.75, 3.05) is 5.32 Å². The Hall–Kier alpha value is -2.91. The number of carboxylic acid groups (broad SMARTS) is 1. The van der Waals surface area contributed by atoms with E-state index < -0.39 is 11.6 Å². The normalized spacial score (nSPS) is 20.3. The van der Waals surface area contributed by atoms with Crippen LogP contribution in [-0.4, -0.2) is 31.1 Å². The summed E-state index contributed by atoms with van der Waals surface area (Å²) in [6.07, 6.45) is 5.33. The first-order chi connectivity index (χ1) is 15.6. The number of pyridine rings is 2. The summed E-state index contributed by atoms with van der Waals surface area (Å²) in [4.78, 5) is 25.3. The van der Waals surface area contributed by atoms with E-state index in [4.69, 9.17) is 0 Å². The predicted octanol–water partition coefficient (Wildman–Crippen LogP) is 5.20. The molecule has 0 saturated heterocycles. The topological polar surface area (TPSA) is 108 Å². The smallest absolute Gasteiger partial charge is 0.306 e. The van der Waals surface area contributed by atoms with Crippen molar-refractivity contribution in [1.82, 2.24) is 15.0 Å². The molecule has 0 radical (unpaired) electrons. The van der Waals surface area contributed by atoms with Gasteiger partial charge in [0.2, 0.25) is 0 Å². The molecule has 0 unspecified atom stereocenters. The Bertz CT molecular complexity index is 1170.